The van der Waals surface area contributed by atoms with Crippen LogP contribution in [0.5, 0.6) is 11.5 Å². The van der Waals surface area contributed by atoms with Gasteiger partial charge in [-0.2, -0.15) is 0 Å². The fourth-order valence-corrected chi connectivity index (χ4v) is 2.60. The number of methoxy groups -OCH3 is 1. The Bertz CT molecular complexity index is 853. The number of ether oxygens (including phenoxy) is 3. The van der Waals surface area contributed by atoms with Crippen molar-refractivity contribution in [1.29, 1.82) is 0 Å². The van der Waals surface area contributed by atoms with Crippen LogP contribution in [0, 0.1) is 13.8 Å². The molecule has 0 aliphatic carbocycles. The van der Waals surface area contributed by atoms with Crippen molar-refractivity contribution in [1.82, 2.24) is 0 Å². The largest absolute Gasteiger partial charge is 0.493 e. The van der Waals surface area contributed by atoms with Crippen LogP contribution in [-0.4, -0.2) is 32.2 Å². The third-order valence-corrected chi connectivity index (χ3v) is 3.99. The zero-order valence-corrected chi connectivity index (χ0v) is 16.6. The maximum Gasteiger partial charge on any atom is 0.331 e. The Balaban J connectivity index is 1.90. The summed E-state index contributed by atoms with van der Waals surface area (Å²) < 4.78 is 15.7. The van der Waals surface area contributed by atoms with Crippen LogP contribution < -0.4 is 14.8 Å². The van der Waals surface area contributed by atoms with Gasteiger partial charge in [-0.3, -0.25) is 4.79 Å². The molecular weight excluding hydrogens is 358 g/mol. The lowest BCUT2D eigenvalue weighted by Crippen LogP contribution is -2.21. The molecule has 28 heavy (non-hydrogen) atoms. The number of amides is 1. The van der Waals surface area contributed by atoms with Gasteiger partial charge in [0.25, 0.3) is 5.91 Å². The van der Waals surface area contributed by atoms with E-state index in [4.69, 9.17) is 14.2 Å². The molecule has 0 aliphatic heterocycles. The van der Waals surface area contributed by atoms with Crippen molar-refractivity contribution in [3.8, 4) is 11.5 Å². The Morgan fingerprint density at radius 3 is 2.43 bits per heavy atom. The van der Waals surface area contributed by atoms with E-state index in [9.17, 15) is 9.59 Å². The monoisotopic (exact) mass is 383 g/mol. The van der Waals surface area contributed by atoms with Gasteiger partial charge in [-0.15, -0.1) is 0 Å². The summed E-state index contributed by atoms with van der Waals surface area (Å²) in [7, 11) is 1.55. The Morgan fingerprint density at radius 2 is 1.79 bits per heavy atom. The van der Waals surface area contributed by atoms with Crippen molar-refractivity contribution in [2.75, 3.05) is 25.6 Å². The summed E-state index contributed by atoms with van der Waals surface area (Å²) >= 11 is 0. The number of rotatable bonds is 8. The highest BCUT2D eigenvalue weighted by atomic mass is 16.5. The number of para-hydroxylation sites is 1. The number of carbonyl (C=O) groups excluding carboxylic acids is 2. The first kappa shape index (κ1) is 21.0. The average molecular weight is 383 g/mol. The van der Waals surface area contributed by atoms with E-state index in [0.29, 0.717) is 18.1 Å². The highest BCUT2D eigenvalue weighted by molar-refractivity contribution is 5.95. The molecule has 0 fully saturated rings. The molecule has 0 radical (unpaired) electrons. The van der Waals surface area contributed by atoms with E-state index in [-0.39, 0.29) is 12.5 Å². The van der Waals surface area contributed by atoms with Crippen LogP contribution in [0.1, 0.15) is 23.6 Å². The maximum absolute atomic E-state index is 12.0. The highest BCUT2D eigenvalue weighted by Gasteiger charge is 2.09. The molecule has 148 valence electrons. The predicted molar refractivity (Wildman–Crippen MR) is 109 cm³/mol. The van der Waals surface area contributed by atoms with E-state index in [1.54, 1.807) is 31.4 Å². The molecule has 0 unspecified atom stereocenters. The van der Waals surface area contributed by atoms with Gasteiger partial charge in [0.1, 0.15) is 0 Å². The molecule has 1 N–H and O–H groups in total. The molecule has 6 nitrogen and oxygen atoms in total. The molecule has 2 aromatic rings. The molecule has 0 aromatic heterocycles. The van der Waals surface area contributed by atoms with Crippen LogP contribution in [0.15, 0.2) is 42.5 Å². The van der Waals surface area contributed by atoms with Crippen molar-refractivity contribution in [2.24, 2.45) is 0 Å². The van der Waals surface area contributed by atoms with E-state index in [1.807, 2.05) is 39.0 Å². The Kier molecular flexibility index (Phi) is 7.63. The lowest BCUT2D eigenvalue weighted by molar-refractivity contribution is -0.142. The van der Waals surface area contributed by atoms with Gasteiger partial charge in [0, 0.05) is 11.8 Å². The number of hydrogen-bond acceptors (Lipinski definition) is 5. The average Bonchev–Trinajstić information content (AvgIpc) is 2.68. The number of esters is 1. The Labute approximate surface area is 165 Å². The van der Waals surface area contributed by atoms with Crippen molar-refractivity contribution >= 4 is 23.6 Å². The quantitative estimate of drug-likeness (QED) is 0.553. The van der Waals surface area contributed by atoms with E-state index < -0.39 is 5.97 Å². The fourth-order valence-electron chi connectivity index (χ4n) is 2.60. The molecule has 2 aromatic carbocycles. The number of aryl methyl sites for hydroxylation is 2. The van der Waals surface area contributed by atoms with E-state index >= 15 is 0 Å². The minimum absolute atomic E-state index is 0.358. The minimum atomic E-state index is -0.607. The number of carbonyl (C=O) groups is 2. The highest BCUT2D eigenvalue weighted by Crippen LogP contribution is 2.28. The van der Waals surface area contributed by atoms with Crippen LogP contribution in [-0.2, 0) is 14.3 Å². The smallest absolute Gasteiger partial charge is 0.331 e. The van der Waals surface area contributed by atoms with Crippen molar-refractivity contribution in [2.45, 2.75) is 20.8 Å². The van der Waals surface area contributed by atoms with Crippen molar-refractivity contribution < 1.29 is 23.8 Å². The predicted octanol–water partition coefficient (Wildman–Crippen LogP) is 3.91. The molecule has 1 amide bonds. The van der Waals surface area contributed by atoms with Gasteiger partial charge >= 0.3 is 5.97 Å². The van der Waals surface area contributed by atoms with Gasteiger partial charge in [0.05, 0.1) is 13.7 Å². The summed E-state index contributed by atoms with van der Waals surface area (Å²) in [5, 5.41) is 2.77. The van der Waals surface area contributed by atoms with Gasteiger partial charge in [-0.25, -0.2) is 4.79 Å². The summed E-state index contributed by atoms with van der Waals surface area (Å²) in [6.45, 7) is 5.87. The lowest BCUT2D eigenvalue weighted by Gasteiger charge is -2.11. The number of nitrogens with one attached hydrogen (secondary N) is 1. The summed E-state index contributed by atoms with van der Waals surface area (Å²) in [6.07, 6.45) is 2.85. The molecule has 0 spiro atoms. The Morgan fingerprint density at radius 1 is 1.07 bits per heavy atom. The standard InChI is InChI=1S/C22H25NO5/c1-5-27-18-11-9-17(13-19(18)26-4)10-12-21(25)28-14-20(24)23-22-15(2)7-6-8-16(22)3/h6-13H,5,14H2,1-4H3,(H,23,24)/b12-10+. The second-order valence-corrected chi connectivity index (χ2v) is 6.10. The fraction of sp³-hybridized carbons (Fsp3) is 0.273. The Hall–Kier alpha value is -3.28. The molecule has 0 bridgehead atoms. The molecule has 2 rings (SSSR count). The molecule has 0 aliphatic rings. The third-order valence-electron chi connectivity index (χ3n) is 3.99. The van der Waals surface area contributed by atoms with Crippen LogP contribution in [0.2, 0.25) is 0 Å². The van der Waals surface area contributed by atoms with Gasteiger partial charge in [0.2, 0.25) is 0 Å². The van der Waals surface area contributed by atoms with Gasteiger partial charge < -0.3 is 19.5 Å². The minimum Gasteiger partial charge on any atom is -0.493 e. The van der Waals surface area contributed by atoms with Crippen molar-refractivity contribution in [3.05, 3.63) is 59.2 Å². The van der Waals surface area contributed by atoms with Crippen molar-refractivity contribution in [3.63, 3.8) is 0 Å². The summed E-state index contributed by atoms with van der Waals surface area (Å²) in [6, 6.07) is 11.0. The lowest BCUT2D eigenvalue weighted by atomic mass is 10.1. The third kappa shape index (κ3) is 5.87. The SMILES string of the molecule is CCOc1ccc(/C=C/C(=O)OCC(=O)Nc2c(C)cccc2C)cc1OC. The van der Waals surface area contributed by atoms with Crippen LogP contribution in [0.3, 0.4) is 0 Å². The molecule has 0 saturated carbocycles. The first-order valence-corrected chi connectivity index (χ1v) is 8.96. The molecule has 0 heterocycles. The zero-order valence-electron chi connectivity index (χ0n) is 16.6. The number of benzene rings is 2. The molecule has 0 atom stereocenters. The molecule has 0 saturated heterocycles. The van der Waals surface area contributed by atoms with Gasteiger partial charge in [-0.1, -0.05) is 24.3 Å². The zero-order chi connectivity index (χ0) is 20.5. The van der Waals surface area contributed by atoms with E-state index in [2.05, 4.69) is 5.32 Å². The van der Waals surface area contributed by atoms with Crippen LogP contribution >= 0.6 is 0 Å². The van der Waals surface area contributed by atoms with Gasteiger partial charge in [-0.05, 0) is 55.7 Å². The summed E-state index contributed by atoms with van der Waals surface area (Å²) in [5.74, 6) is 0.213. The maximum atomic E-state index is 12.0. The van der Waals surface area contributed by atoms with E-state index in [1.165, 1.54) is 6.08 Å². The summed E-state index contributed by atoms with van der Waals surface area (Å²) in [5.41, 5.74) is 3.38. The first-order valence-electron chi connectivity index (χ1n) is 8.96. The van der Waals surface area contributed by atoms with Gasteiger partial charge in [0.15, 0.2) is 18.1 Å². The normalized spacial score (nSPS) is 10.6. The second-order valence-electron chi connectivity index (χ2n) is 6.10. The first-order chi connectivity index (χ1) is 13.4. The second kappa shape index (κ2) is 10.2. The summed E-state index contributed by atoms with van der Waals surface area (Å²) in [4.78, 5) is 23.9. The van der Waals surface area contributed by atoms with Crippen LogP contribution in [0.25, 0.3) is 6.08 Å². The van der Waals surface area contributed by atoms with Crippen LogP contribution in [0.4, 0.5) is 5.69 Å². The molecule has 6 heteroatoms. The molecular formula is C22H25NO5. The topological polar surface area (TPSA) is 73.9 Å². The number of anilines is 1. The van der Waals surface area contributed by atoms with E-state index in [0.717, 1.165) is 22.4 Å². The number of hydrogen-bond donors (Lipinski definition) is 1.